The summed E-state index contributed by atoms with van der Waals surface area (Å²) in [6, 6.07) is 15.3. The lowest BCUT2D eigenvalue weighted by Crippen LogP contribution is -2.15. The molecule has 0 unspecified atom stereocenters. The molecule has 0 atom stereocenters. The molecule has 2 nitrogen and oxygen atoms in total. The fraction of sp³-hybridized carbons (Fsp3) is 0.250. The smallest absolute Gasteiger partial charge is 0.0646 e. The van der Waals surface area contributed by atoms with Crippen molar-refractivity contribution < 1.29 is 0 Å². The maximum atomic E-state index is 3.30. The van der Waals surface area contributed by atoms with Crippen molar-refractivity contribution in [2.75, 3.05) is 23.8 Å². The highest BCUT2D eigenvalue weighted by Crippen LogP contribution is 2.38. The number of nitrogens with zero attached hydrogens (tertiary/aromatic N) is 1. The largest absolute Gasteiger partial charge is 0.386 e. The predicted octanol–water partition coefficient (Wildman–Crippen LogP) is 3.73. The van der Waals surface area contributed by atoms with Crippen molar-refractivity contribution in [2.45, 2.75) is 13.3 Å². The van der Waals surface area contributed by atoms with E-state index in [1.807, 2.05) is 7.05 Å². The van der Waals surface area contributed by atoms with Gasteiger partial charge in [0, 0.05) is 19.3 Å². The molecule has 0 radical (unpaired) electrons. The normalized spacial score (nSPS) is 13.6. The van der Waals surface area contributed by atoms with Crippen molar-refractivity contribution in [1.29, 1.82) is 0 Å². The molecule has 18 heavy (non-hydrogen) atoms. The Kier molecular flexibility index (Phi) is 2.71. The Morgan fingerprint density at radius 2 is 1.89 bits per heavy atom. The monoisotopic (exact) mass is 238 g/mol. The van der Waals surface area contributed by atoms with Gasteiger partial charge < -0.3 is 10.2 Å². The molecule has 0 aliphatic carbocycles. The Balaban J connectivity index is 2.07. The van der Waals surface area contributed by atoms with Gasteiger partial charge in [-0.25, -0.2) is 0 Å². The number of fused-ring (bicyclic) bond motifs is 1. The number of anilines is 3. The van der Waals surface area contributed by atoms with Crippen molar-refractivity contribution in [3.8, 4) is 0 Å². The summed E-state index contributed by atoms with van der Waals surface area (Å²) in [5.74, 6) is 0. The molecule has 3 rings (SSSR count). The summed E-state index contributed by atoms with van der Waals surface area (Å²) in [6.07, 6.45) is 1.13. The first-order valence-electron chi connectivity index (χ1n) is 6.43. The maximum Gasteiger partial charge on any atom is 0.0646 e. The molecular formula is C16H18N2. The molecule has 0 aromatic heterocycles. The van der Waals surface area contributed by atoms with Crippen LogP contribution in [0.2, 0.25) is 0 Å². The van der Waals surface area contributed by atoms with Crippen LogP contribution in [-0.4, -0.2) is 13.6 Å². The predicted molar refractivity (Wildman–Crippen MR) is 77.9 cm³/mol. The van der Waals surface area contributed by atoms with Crippen LogP contribution in [0.1, 0.15) is 11.1 Å². The number of benzene rings is 2. The van der Waals surface area contributed by atoms with E-state index in [4.69, 9.17) is 0 Å². The fourth-order valence-electron chi connectivity index (χ4n) is 2.67. The van der Waals surface area contributed by atoms with Gasteiger partial charge in [-0.05, 0) is 42.7 Å². The number of aryl methyl sites for hydroxylation is 1. The topological polar surface area (TPSA) is 15.3 Å². The third kappa shape index (κ3) is 1.74. The van der Waals surface area contributed by atoms with E-state index in [0.29, 0.717) is 0 Å². The van der Waals surface area contributed by atoms with Crippen LogP contribution in [0.25, 0.3) is 0 Å². The number of nitrogens with one attached hydrogen (secondary N) is 1. The van der Waals surface area contributed by atoms with Crippen molar-refractivity contribution in [2.24, 2.45) is 0 Å². The molecule has 0 amide bonds. The van der Waals surface area contributed by atoms with Gasteiger partial charge in [0.1, 0.15) is 0 Å². The van der Waals surface area contributed by atoms with Gasteiger partial charge >= 0.3 is 0 Å². The van der Waals surface area contributed by atoms with Crippen LogP contribution in [0.4, 0.5) is 17.1 Å². The minimum atomic E-state index is 1.07. The summed E-state index contributed by atoms with van der Waals surface area (Å²) in [7, 11) is 1.99. The average molecular weight is 238 g/mol. The van der Waals surface area contributed by atoms with Crippen molar-refractivity contribution in [3.05, 3.63) is 53.6 Å². The SMILES string of the molecule is CNc1cc(C)ccc1N1CCc2ccccc21. The molecule has 0 spiro atoms. The maximum absolute atomic E-state index is 3.30. The summed E-state index contributed by atoms with van der Waals surface area (Å²) in [5.41, 5.74) is 6.55. The highest BCUT2D eigenvalue weighted by molar-refractivity contribution is 5.79. The van der Waals surface area contributed by atoms with Gasteiger partial charge in [0.25, 0.3) is 0 Å². The van der Waals surface area contributed by atoms with Gasteiger partial charge in [0.05, 0.1) is 11.4 Å². The molecule has 0 saturated carbocycles. The summed E-state index contributed by atoms with van der Waals surface area (Å²) in [4.78, 5) is 2.40. The van der Waals surface area contributed by atoms with E-state index in [2.05, 4.69) is 59.6 Å². The summed E-state index contributed by atoms with van der Waals surface area (Å²) < 4.78 is 0. The first kappa shape index (κ1) is 11.1. The summed E-state index contributed by atoms with van der Waals surface area (Å²) >= 11 is 0. The van der Waals surface area contributed by atoms with E-state index in [9.17, 15) is 0 Å². The zero-order valence-electron chi connectivity index (χ0n) is 10.9. The van der Waals surface area contributed by atoms with Crippen LogP contribution in [0.3, 0.4) is 0 Å². The Bertz CT molecular complexity index is 575. The lowest BCUT2D eigenvalue weighted by molar-refractivity contribution is 0.998. The van der Waals surface area contributed by atoms with Crippen molar-refractivity contribution >= 4 is 17.1 Å². The standard InChI is InChI=1S/C16H18N2/c1-12-7-8-16(14(11-12)17-2)18-10-9-13-5-3-4-6-15(13)18/h3-8,11,17H,9-10H2,1-2H3. The molecule has 0 bridgehead atoms. The van der Waals surface area contributed by atoms with Crippen LogP contribution >= 0.6 is 0 Å². The van der Waals surface area contributed by atoms with E-state index in [1.165, 1.54) is 28.2 Å². The van der Waals surface area contributed by atoms with E-state index in [1.54, 1.807) is 0 Å². The van der Waals surface area contributed by atoms with Crippen LogP contribution in [0.5, 0.6) is 0 Å². The third-order valence-electron chi connectivity index (χ3n) is 3.60. The third-order valence-corrected chi connectivity index (χ3v) is 3.60. The van der Waals surface area contributed by atoms with Gasteiger partial charge in [0.2, 0.25) is 0 Å². The van der Waals surface area contributed by atoms with Crippen LogP contribution in [0.15, 0.2) is 42.5 Å². The molecular weight excluding hydrogens is 220 g/mol. The molecule has 2 aromatic rings. The molecule has 2 aromatic carbocycles. The minimum absolute atomic E-state index is 1.07. The Morgan fingerprint density at radius 3 is 2.72 bits per heavy atom. The Hall–Kier alpha value is -1.96. The molecule has 1 heterocycles. The first-order valence-corrected chi connectivity index (χ1v) is 6.43. The molecule has 92 valence electrons. The fourth-order valence-corrected chi connectivity index (χ4v) is 2.67. The quantitative estimate of drug-likeness (QED) is 0.857. The van der Waals surface area contributed by atoms with Crippen LogP contribution < -0.4 is 10.2 Å². The van der Waals surface area contributed by atoms with Gasteiger partial charge in [-0.15, -0.1) is 0 Å². The van der Waals surface area contributed by atoms with Crippen molar-refractivity contribution in [3.63, 3.8) is 0 Å². The molecule has 1 N–H and O–H groups in total. The lowest BCUT2D eigenvalue weighted by atomic mass is 10.1. The minimum Gasteiger partial charge on any atom is -0.386 e. The molecule has 2 heteroatoms. The number of hydrogen-bond acceptors (Lipinski definition) is 2. The second-order valence-electron chi connectivity index (χ2n) is 4.80. The highest BCUT2D eigenvalue weighted by atomic mass is 15.2. The van der Waals surface area contributed by atoms with Gasteiger partial charge in [-0.1, -0.05) is 24.3 Å². The number of rotatable bonds is 2. The molecule has 1 aliphatic heterocycles. The summed E-state index contributed by atoms with van der Waals surface area (Å²) in [6.45, 7) is 3.19. The van der Waals surface area contributed by atoms with Gasteiger partial charge in [0.15, 0.2) is 0 Å². The van der Waals surface area contributed by atoms with E-state index < -0.39 is 0 Å². The molecule has 0 saturated heterocycles. The van der Waals surface area contributed by atoms with E-state index in [0.717, 1.165) is 13.0 Å². The van der Waals surface area contributed by atoms with Crippen molar-refractivity contribution in [1.82, 2.24) is 0 Å². The average Bonchev–Trinajstić information content (AvgIpc) is 2.82. The highest BCUT2D eigenvalue weighted by Gasteiger charge is 2.21. The van der Waals surface area contributed by atoms with E-state index >= 15 is 0 Å². The van der Waals surface area contributed by atoms with Gasteiger partial charge in [-0.2, -0.15) is 0 Å². The zero-order valence-corrected chi connectivity index (χ0v) is 10.9. The second-order valence-corrected chi connectivity index (χ2v) is 4.80. The summed E-state index contributed by atoms with van der Waals surface area (Å²) in [5, 5.41) is 3.30. The van der Waals surface area contributed by atoms with E-state index in [-0.39, 0.29) is 0 Å². The van der Waals surface area contributed by atoms with Gasteiger partial charge in [-0.3, -0.25) is 0 Å². The lowest BCUT2D eigenvalue weighted by Gasteiger charge is -2.23. The second kappa shape index (κ2) is 4.37. The van der Waals surface area contributed by atoms with Crippen LogP contribution in [-0.2, 0) is 6.42 Å². The molecule has 0 fully saturated rings. The Labute approximate surface area is 108 Å². The van der Waals surface area contributed by atoms with Crippen LogP contribution in [0, 0.1) is 6.92 Å². The molecule has 1 aliphatic rings. The Morgan fingerprint density at radius 1 is 1.06 bits per heavy atom. The first-order chi connectivity index (χ1) is 8.79. The zero-order chi connectivity index (χ0) is 12.5. The number of para-hydroxylation sites is 1. The number of hydrogen-bond donors (Lipinski definition) is 1.